The summed E-state index contributed by atoms with van der Waals surface area (Å²) < 4.78 is 37.4. The van der Waals surface area contributed by atoms with Gasteiger partial charge >= 0.3 is 6.18 Å². The van der Waals surface area contributed by atoms with Crippen LogP contribution in [0.1, 0.15) is 21.5 Å². The lowest BCUT2D eigenvalue weighted by Gasteiger charge is -2.09. The third kappa shape index (κ3) is 5.24. The summed E-state index contributed by atoms with van der Waals surface area (Å²) in [5.74, 6) is -1.17. The van der Waals surface area contributed by atoms with Crippen molar-refractivity contribution in [3.63, 3.8) is 0 Å². The molecule has 0 bridgehead atoms. The number of carbonyl (C=O) groups excluding carboxylic acids is 2. The van der Waals surface area contributed by atoms with E-state index in [1.165, 1.54) is 12.1 Å². The molecule has 0 unspecified atom stereocenters. The van der Waals surface area contributed by atoms with Gasteiger partial charge in [-0.15, -0.1) is 0 Å². The van der Waals surface area contributed by atoms with Gasteiger partial charge < -0.3 is 10.2 Å². The number of benzene rings is 2. The molecule has 0 aliphatic rings. The molecule has 0 saturated heterocycles. The number of nitrogens with one attached hydrogen (secondary N) is 2. The number of hydroxylamine groups is 1. The van der Waals surface area contributed by atoms with Crippen molar-refractivity contribution in [1.82, 2.24) is 10.8 Å². The van der Waals surface area contributed by atoms with Gasteiger partial charge in [-0.1, -0.05) is 6.07 Å². The number of alkyl halides is 3. The van der Waals surface area contributed by atoms with Crippen molar-refractivity contribution in [2.75, 3.05) is 6.54 Å². The largest absolute Gasteiger partial charge is 0.416 e. The lowest BCUT2D eigenvalue weighted by atomic mass is 10.1. The number of nitriles is 1. The molecule has 0 aliphatic carbocycles. The van der Waals surface area contributed by atoms with Gasteiger partial charge in [-0.25, -0.2) is 0 Å². The lowest BCUT2D eigenvalue weighted by molar-refractivity contribution is -0.137. The first-order valence-corrected chi connectivity index (χ1v) is 7.21. The van der Waals surface area contributed by atoms with Gasteiger partial charge in [0.05, 0.1) is 23.7 Å². The molecular formula is C17H12F3N3O3. The summed E-state index contributed by atoms with van der Waals surface area (Å²) in [5, 5.41) is 11.0. The van der Waals surface area contributed by atoms with Crippen LogP contribution in [0.15, 0.2) is 48.5 Å². The Kier molecular flexibility index (Phi) is 5.80. The van der Waals surface area contributed by atoms with Gasteiger partial charge in [0.1, 0.15) is 0 Å². The summed E-state index contributed by atoms with van der Waals surface area (Å²) >= 11 is 0. The van der Waals surface area contributed by atoms with E-state index in [2.05, 4.69) is 10.8 Å². The van der Waals surface area contributed by atoms with Gasteiger partial charge in [-0.3, -0.25) is 9.59 Å². The van der Waals surface area contributed by atoms with Crippen LogP contribution in [-0.2, 0) is 11.0 Å². The van der Waals surface area contributed by atoms with Crippen LogP contribution in [0.4, 0.5) is 13.2 Å². The fourth-order valence-corrected chi connectivity index (χ4v) is 1.85. The van der Waals surface area contributed by atoms with Crippen molar-refractivity contribution in [2.45, 2.75) is 6.18 Å². The molecular weight excluding hydrogens is 351 g/mol. The quantitative estimate of drug-likeness (QED) is 0.798. The van der Waals surface area contributed by atoms with E-state index < -0.39 is 30.1 Å². The van der Waals surface area contributed by atoms with E-state index in [4.69, 9.17) is 10.1 Å². The minimum Gasteiger partial charge on any atom is -0.379 e. The van der Waals surface area contributed by atoms with Crippen LogP contribution in [-0.4, -0.2) is 18.4 Å². The Morgan fingerprint density at radius 2 is 1.81 bits per heavy atom. The Hall–Kier alpha value is -3.54. The summed E-state index contributed by atoms with van der Waals surface area (Å²) in [6, 6.07) is 11.5. The molecule has 2 aromatic carbocycles. The standard InChI is InChI=1S/C17H12F3N3O3/c18-17(19,20)13-6-4-12(5-7-13)16(25)22-10-15(24)23-26-14-3-1-2-11(8-14)9-21/h1-8H,10H2,(H,22,25)(H,23,24). The molecule has 6 nitrogen and oxygen atoms in total. The smallest absolute Gasteiger partial charge is 0.379 e. The molecule has 0 heterocycles. The molecule has 134 valence electrons. The second-order valence-corrected chi connectivity index (χ2v) is 5.02. The highest BCUT2D eigenvalue weighted by atomic mass is 19.4. The van der Waals surface area contributed by atoms with Gasteiger partial charge in [-0.05, 0) is 36.4 Å². The maximum Gasteiger partial charge on any atom is 0.416 e. The van der Waals surface area contributed by atoms with Crippen molar-refractivity contribution in [3.8, 4) is 11.8 Å². The van der Waals surface area contributed by atoms with E-state index in [0.29, 0.717) is 5.56 Å². The summed E-state index contributed by atoms with van der Waals surface area (Å²) in [6.45, 7) is -0.447. The molecule has 2 amide bonds. The average Bonchev–Trinajstić information content (AvgIpc) is 2.64. The normalized spacial score (nSPS) is 10.5. The van der Waals surface area contributed by atoms with E-state index in [-0.39, 0.29) is 11.3 Å². The van der Waals surface area contributed by atoms with E-state index in [1.807, 2.05) is 6.07 Å². The SMILES string of the molecule is N#Cc1cccc(ONC(=O)CNC(=O)c2ccc(C(F)(F)F)cc2)c1. The zero-order valence-electron chi connectivity index (χ0n) is 13.1. The van der Waals surface area contributed by atoms with Gasteiger partial charge in [-0.2, -0.15) is 23.9 Å². The predicted molar refractivity (Wildman–Crippen MR) is 83.7 cm³/mol. The number of halogens is 3. The zero-order chi connectivity index (χ0) is 19.2. The van der Waals surface area contributed by atoms with E-state index in [0.717, 1.165) is 24.3 Å². The minimum absolute atomic E-state index is 0.0200. The van der Waals surface area contributed by atoms with Crippen LogP contribution in [0.3, 0.4) is 0 Å². The molecule has 0 aliphatic heterocycles. The molecule has 2 rings (SSSR count). The van der Waals surface area contributed by atoms with Gasteiger partial charge in [0, 0.05) is 11.6 Å². The lowest BCUT2D eigenvalue weighted by Crippen LogP contribution is -2.38. The fraction of sp³-hybridized carbons (Fsp3) is 0.118. The molecule has 9 heteroatoms. The molecule has 0 spiro atoms. The fourth-order valence-electron chi connectivity index (χ4n) is 1.85. The molecule has 0 saturated carbocycles. The average molecular weight is 363 g/mol. The second kappa shape index (κ2) is 8.02. The van der Waals surface area contributed by atoms with E-state index in [1.54, 1.807) is 12.1 Å². The van der Waals surface area contributed by atoms with E-state index in [9.17, 15) is 22.8 Å². The first-order valence-electron chi connectivity index (χ1n) is 7.21. The Labute approximate surface area is 146 Å². The highest BCUT2D eigenvalue weighted by molar-refractivity contribution is 5.96. The van der Waals surface area contributed by atoms with Crippen molar-refractivity contribution in [3.05, 3.63) is 65.2 Å². The second-order valence-electron chi connectivity index (χ2n) is 5.02. The van der Waals surface area contributed by atoms with Crippen LogP contribution in [0, 0.1) is 11.3 Å². The number of hydrogen-bond donors (Lipinski definition) is 2. The number of hydrogen-bond acceptors (Lipinski definition) is 4. The predicted octanol–water partition coefficient (Wildman–Crippen LogP) is 2.42. The van der Waals surface area contributed by atoms with Crippen LogP contribution in [0.2, 0.25) is 0 Å². The topological polar surface area (TPSA) is 91.2 Å². The van der Waals surface area contributed by atoms with Crippen molar-refractivity contribution >= 4 is 11.8 Å². The van der Waals surface area contributed by atoms with Crippen LogP contribution in [0.5, 0.6) is 5.75 Å². The van der Waals surface area contributed by atoms with Gasteiger partial charge in [0.2, 0.25) is 0 Å². The monoisotopic (exact) mass is 363 g/mol. The molecule has 0 aromatic heterocycles. The molecule has 2 N–H and O–H groups in total. The summed E-state index contributed by atoms with van der Waals surface area (Å²) in [4.78, 5) is 28.4. The Morgan fingerprint density at radius 1 is 1.12 bits per heavy atom. The van der Waals surface area contributed by atoms with Crippen LogP contribution < -0.4 is 15.6 Å². The number of carbonyl (C=O) groups is 2. The minimum atomic E-state index is -4.49. The van der Waals surface area contributed by atoms with Gasteiger partial charge in [0.15, 0.2) is 5.75 Å². The van der Waals surface area contributed by atoms with Crippen molar-refractivity contribution in [1.29, 1.82) is 5.26 Å². The molecule has 2 aromatic rings. The van der Waals surface area contributed by atoms with Crippen molar-refractivity contribution in [2.24, 2.45) is 0 Å². The Balaban J connectivity index is 1.83. The van der Waals surface area contributed by atoms with Crippen LogP contribution in [0.25, 0.3) is 0 Å². The first kappa shape index (κ1) is 18.8. The molecule has 26 heavy (non-hydrogen) atoms. The summed E-state index contributed by atoms with van der Waals surface area (Å²) in [5.41, 5.74) is 1.52. The van der Waals surface area contributed by atoms with Crippen molar-refractivity contribution < 1.29 is 27.6 Å². The Bertz CT molecular complexity index is 843. The highest BCUT2D eigenvalue weighted by Crippen LogP contribution is 2.29. The number of amides is 2. The number of rotatable bonds is 5. The van der Waals surface area contributed by atoms with Gasteiger partial charge in [0.25, 0.3) is 11.8 Å². The first-order chi connectivity index (χ1) is 12.3. The van der Waals surface area contributed by atoms with E-state index >= 15 is 0 Å². The number of nitrogens with zero attached hydrogens (tertiary/aromatic N) is 1. The maximum absolute atomic E-state index is 12.5. The molecule has 0 atom stereocenters. The Morgan fingerprint density at radius 3 is 2.42 bits per heavy atom. The highest BCUT2D eigenvalue weighted by Gasteiger charge is 2.30. The molecule has 0 radical (unpaired) electrons. The van der Waals surface area contributed by atoms with Crippen LogP contribution >= 0.6 is 0 Å². The zero-order valence-corrected chi connectivity index (χ0v) is 13.1. The third-order valence-corrected chi connectivity index (χ3v) is 3.13. The third-order valence-electron chi connectivity index (χ3n) is 3.13. The summed E-state index contributed by atoms with van der Waals surface area (Å²) in [7, 11) is 0. The molecule has 0 fully saturated rings. The maximum atomic E-state index is 12.5. The summed E-state index contributed by atoms with van der Waals surface area (Å²) in [6.07, 6.45) is -4.49.